The van der Waals surface area contributed by atoms with Gasteiger partial charge in [0.15, 0.2) is 0 Å². The molecule has 2 N–H and O–H groups in total. The Hall–Kier alpha value is -3.46. The molecule has 210 valence electrons. The molecular formula is C25H27F3N4O6S. The molecule has 2 atom stereocenters. The number of rotatable bonds is 10. The Bertz CT molecular complexity index is 1460. The highest BCUT2D eigenvalue weighted by Gasteiger charge is 2.38. The summed E-state index contributed by atoms with van der Waals surface area (Å²) in [7, 11) is -2.78. The number of methoxy groups -OCH3 is 1. The molecule has 0 radical (unpaired) electrons. The predicted octanol–water partition coefficient (Wildman–Crippen LogP) is 3.91. The summed E-state index contributed by atoms with van der Waals surface area (Å²) in [6, 6.07) is 11.9. The Balaban J connectivity index is 1.50. The molecule has 1 saturated heterocycles. The van der Waals surface area contributed by atoms with Crippen molar-refractivity contribution >= 4 is 21.7 Å². The summed E-state index contributed by atoms with van der Waals surface area (Å²) in [4.78, 5) is 7.34. The number of alkyl halides is 3. The lowest BCUT2D eigenvalue weighted by Gasteiger charge is -2.32. The van der Waals surface area contributed by atoms with Crippen molar-refractivity contribution in [3.05, 3.63) is 65.9 Å². The van der Waals surface area contributed by atoms with Gasteiger partial charge in [0.2, 0.25) is 21.9 Å². The first-order valence-electron chi connectivity index (χ1n) is 13.1. The van der Waals surface area contributed by atoms with E-state index in [1.165, 1.54) is 12.1 Å². The highest BCUT2D eigenvalue weighted by molar-refractivity contribution is 7.89. The number of anilines is 2. The van der Waals surface area contributed by atoms with E-state index >= 15 is 0 Å². The number of ether oxygens (including phenoxy) is 4. The van der Waals surface area contributed by atoms with Gasteiger partial charge in [0.25, 0.3) is 0 Å². The molecule has 10 nitrogen and oxygen atoms in total. The quantitative estimate of drug-likeness (QED) is 0.373. The highest BCUT2D eigenvalue weighted by atomic mass is 32.2. The number of benzene rings is 2. The SMILES string of the molecule is [2H]C([2H])([2H])NS(=O)(=O)c1ccc(Nc2ncc(C(F)(F)F)c(O[C@@H]3CCOC[C@H]3OCc3ccc(OC)cc3)n2)cc1. The second-order valence-corrected chi connectivity index (χ2v) is 10.1. The van der Waals surface area contributed by atoms with E-state index in [1.54, 1.807) is 36.1 Å². The number of aromatic nitrogens is 2. The largest absolute Gasteiger partial charge is 0.497 e. The van der Waals surface area contributed by atoms with Crippen LogP contribution in [-0.2, 0) is 32.3 Å². The molecular weight excluding hydrogens is 541 g/mol. The molecule has 1 aromatic heterocycles. The third-order valence-corrected chi connectivity index (χ3v) is 6.91. The monoisotopic (exact) mass is 571 g/mol. The summed E-state index contributed by atoms with van der Waals surface area (Å²) >= 11 is 0. The molecule has 2 heterocycles. The van der Waals surface area contributed by atoms with Gasteiger partial charge in [0.05, 0.1) is 31.8 Å². The fourth-order valence-electron chi connectivity index (χ4n) is 3.67. The lowest BCUT2D eigenvalue weighted by Crippen LogP contribution is -2.43. The Morgan fingerprint density at radius 2 is 1.87 bits per heavy atom. The van der Waals surface area contributed by atoms with Gasteiger partial charge in [-0.25, -0.2) is 18.1 Å². The van der Waals surface area contributed by atoms with Crippen LogP contribution < -0.4 is 19.5 Å². The molecule has 1 fully saturated rings. The summed E-state index contributed by atoms with van der Waals surface area (Å²) in [6.45, 7) is -2.42. The van der Waals surface area contributed by atoms with E-state index in [4.69, 9.17) is 23.1 Å². The highest BCUT2D eigenvalue weighted by Crippen LogP contribution is 2.36. The maximum atomic E-state index is 13.8. The van der Waals surface area contributed by atoms with Gasteiger partial charge < -0.3 is 24.3 Å². The number of nitrogens with zero attached hydrogens (tertiary/aromatic N) is 2. The van der Waals surface area contributed by atoms with Crippen LogP contribution >= 0.6 is 0 Å². The average molecular weight is 572 g/mol. The second-order valence-electron chi connectivity index (χ2n) is 8.38. The lowest BCUT2D eigenvalue weighted by molar-refractivity contribution is -0.144. The van der Waals surface area contributed by atoms with Gasteiger partial charge in [-0.2, -0.15) is 18.2 Å². The van der Waals surface area contributed by atoms with Crippen LogP contribution in [0.3, 0.4) is 0 Å². The zero-order chi connectivity index (χ0) is 30.5. The van der Waals surface area contributed by atoms with E-state index in [9.17, 15) is 21.6 Å². The van der Waals surface area contributed by atoms with Gasteiger partial charge in [-0.05, 0) is 48.9 Å². The molecule has 4 rings (SSSR count). The van der Waals surface area contributed by atoms with Gasteiger partial charge in [0.1, 0.15) is 23.5 Å². The van der Waals surface area contributed by atoms with E-state index < -0.39 is 46.8 Å². The first-order chi connectivity index (χ1) is 19.7. The van der Waals surface area contributed by atoms with Crippen LogP contribution in [0.4, 0.5) is 24.8 Å². The number of halogens is 3. The van der Waals surface area contributed by atoms with Gasteiger partial charge in [-0.1, -0.05) is 12.1 Å². The van der Waals surface area contributed by atoms with Gasteiger partial charge >= 0.3 is 6.18 Å². The Kier molecular flexibility index (Phi) is 7.66. The smallest absolute Gasteiger partial charge is 0.423 e. The molecule has 0 saturated carbocycles. The Labute approximate surface area is 227 Å². The molecule has 1 aliphatic rings. The predicted molar refractivity (Wildman–Crippen MR) is 134 cm³/mol. The standard InChI is InChI=1S/C25H27F3N4O6S/c1-29-39(33,34)19-9-5-17(6-10-19)31-24-30-13-20(25(26,27)28)23(32-24)38-21-11-12-36-15-22(21)37-14-16-3-7-18(35-2)8-4-16/h3-10,13,21-22,29H,11-12,14-15H2,1-2H3,(H,30,31,32)/t21-,22-/m1/s1/i1D3. The molecule has 2 aromatic carbocycles. The fraction of sp³-hybridized carbons (Fsp3) is 0.360. The van der Waals surface area contributed by atoms with Crippen molar-refractivity contribution in [1.82, 2.24) is 14.7 Å². The number of hydrogen-bond donors (Lipinski definition) is 2. The van der Waals surface area contributed by atoms with Gasteiger partial charge in [0, 0.05) is 22.4 Å². The average Bonchev–Trinajstić information content (AvgIpc) is 2.91. The third-order valence-electron chi connectivity index (χ3n) is 5.74. The van der Waals surface area contributed by atoms with Gasteiger partial charge in [-0.15, -0.1) is 0 Å². The van der Waals surface area contributed by atoms with Crippen molar-refractivity contribution < 1.29 is 44.6 Å². The van der Waals surface area contributed by atoms with E-state index in [-0.39, 0.29) is 42.8 Å². The minimum Gasteiger partial charge on any atom is -0.497 e. The maximum absolute atomic E-state index is 13.8. The molecule has 1 aliphatic heterocycles. The van der Waals surface area contributed by atoms with Gasteiger partial charge in [-0.3, -0.25) is 0 Å². The van der Waals surface area contributed by atoms with Crippen molar-refractivity contribution in [1.29, 1.82) is 0 Å². The van der Waals surface area contributed by atoms with Crippen LogP contribution in [0, 0.1) is 0 Å². The molecule has 0 amide bonds. The number of hydrogen-bond acceptors (Lipinski definition) is 9. The summed E-state index contributed by atoms with van der Waals surface area (Å²) in [6.07, 6.45) is -5.49. The Morgan fingerprint density at radius 3 is 2.54 bits per heavy atom. The van der Waals surface area contributed by atoms with Crippen molar-refractivity contribution in [2.75, 3.05) is 32.6 Å². The van der Waals surface area contributed by atoms with Crippen molar-refractivity contribution in [2.24, 2.45) is 0 Å². The minimum atomic E-state index is -4.82. The van der Waals surface area contributed by atoms with Crippen LogP contribution in [-0.4, -0.2) is 57.9 Å². The number of nitrogens with one attached hydrogen (secondary N) is 2. The molecule has 3 aromatic rings. The minimum absolute atomic E-state index is 0.101. The molecule has 0 unspecified atom stereocenters. The summed E-state index contributed by atoms with van der Waals surface area (Å²) in [5, 5.41) is 2.69. The van der Waals surface area contributed by atoms with Crippen molar-refractivity contribution in [2.45, 2.75) is 36.3 Å². The van der Waals surface area contributed by atoms with Crippen LogP contribution in [0.2, 0.25) is 0 Å². The zero-order valence-electron chi connectivity index (χ0n) is 23.6. The van der Waals surface area contributed by atoms with E-state index in [0.717, 1.165) is 17.7 Å². The van der Waals surface area contributed by atoms with Crippen LogP contribution in [0.15, 0.2) is 59.6 Å². The normalized spacial score (nSPS) is 19.4. The first kappa shape index (κ1) is 24.6. The second kappa shape index (κ2) is 12.2. The summed E-state index contributed by atoms with van der Waals surface area (Å²) in [5.41, 5.74) is -0.149. The molecule has 14 heteroatoms. The third kappa shape index (κ3) is 7.35. The van der Waals surface area contributed by atoms with E-state index in [0.29, 0.717) is 11.9 Å². The fourth-order valence-corrected chi connectivity index (χ4v) is 4.28. The molecule has 0 bridgehead atoms. The molecule has 0 spiro atoms. The van der Waals surface area contributed by atoms with Crippen LogP contribution in [0.5, 0.6) is 11.6 Å². The van der Waals surface area contributed by atoms with Crippen molar-refractivity contribution in [3.63, 3.8) is 0 Å². The summed E-state index contributed by atoms with van der Waals surface area (Å²) < 4.78 is 111. The lowest BCUT2D eigenvalue weighted by atomic mass is 10.1. The van der Waals surface area contributed by atoms with Crippen LogP contribution in [0.1, 0.15) is 21.7 Å². The Morgan fingerprint density at radius 1 is 1.13 bits per heavy atom. The molecule has 0 aliphatic carbocycles. The van der Waals surface area contributed by atoms with Crippen molar-refractivity contribution in [3.8, 4) is 11.6 Å². The van der Waals surface area contributed by atoms with E-state index in [1.807, 2.05) is 0 Å². The topological polar surface area (TPSA) is 121 Å². The zero-order valence-corrected chi connectivity index (χ0v) is 21.4. The summed E-state index contributed by atoms with van der Waals surface area (Å²) in [5.74, 6) is -0.302. The first-order valence-corrected chi connectivity index (χ1v) is 13.1. The maximum Gasteiger partial charge on any atom is 0.423 e. The number of sulfonamides is 1. The van der Waals surface area contributed by atoms with E-state index in [2.05, 4.69) is 15.3 Å². The van der Waals surface area contributed by atoms with Crippen LogP contribution in [0.25, 0.3) is 0 Å². The molecule has 39 heavy (non-hydrogen) atoms.